The molecule has 0 saturated carbocycles. The number of carbonyl (C=O) groups is 1. The summed E-state index contributed by atoms with van der Waals surface area (Å²) < 4.78 is 5.59. The molecule has 4 heteroatoms. The molecular formula is C15H22N2O2. The maximum atomic E-state index is 11.8. The summed E-state index contributed by atoms with van der Waals surface area (Å²) >= 11 is 0. The van der Waals surface area contributed by atoms with Gasteiger partial charge in [0.1, 0.15) is 0 Å². The molecule has 1 aliphatic rings. The summed E-state index contributed by atoms with van der Waals surface area (Å²) in [7, 11) is 0. The van der Waals surface area contributed by atoms with E-state index in [0.29, 0.717) is 18.2 Å². The highest BCUT2D eigenvalue weighted by atomic mass is 16.5. The third-order valence-electron chi connectivity index (χ3n) is 3.38. The predicted molar refractivity (Wildman–Crippen MR) is 76.6 cm³/mol. The molecule has 0 aliphatic carbocycles. The van der Waals surface area contributed by atoms with Crippen molar-refractivity contribution in [3.8, 4) is 0 Å². The van der Waals surface area contributed by atoms with Gasteiger partial charge in [-0.1, -0.05) is 6.07 Å². The first kappa shape index (κ1) is 13.9. The molecular weight excluding hydrogens is 240 g/mol. The van der Waals surface area contributed by atoms with Crippen LogP contribution >= 0.6 is 0 Å². The zero-order chi connectivity index (χ0) is 13.7. The van der Waals surface area contributed by atoms with Crippen molar-refractivity contribution in [1.29, 1.82) is 0 Å². The SMILES string of the molecule is CCNC(=O)c1ccc(C)c(NCC2CCCO2)c1. The topological polar surface area (TPSA) is 50.4 Å². The molecule has 104 valence electrons. The summed E-state index contributed by atoms with van der Waals surface area (Å²) in [5, 5.41) is 6.20. The summed E-state index contributed by atoms with van der Waals surface area (Å²) in [6.45, 7) is 6.28. The molecule has 2 rings (SSSR count). The Kier molecular flexibility index (Phi) is 4.80. The van der Waals surface area contributed by atoms with Gasteiger partial charge in [-0.2, -0.15) is 0 Å². The monoisotopic (exact) mass is 262 g/mol. The lowest BCUT2D eigenvalue weighted by molar-refractivity contribution is 0.0956. The van der Waals surface area contributed by atoms with Gasteiger partial charge in [0.05, 0.1) is 6.10 Å². The maximum absolute atomic E-state index is 11.8. The van der Waals surface area contributed by atoms with Crippen molar-refractivity contribution in [2.24, 2.45) is 0 Å². The van der Waals surface area contributed by atoms with Crippen molar-refractivity contribution in [3.63, 3.8) is 0 Å². The minimum Gasteiger partial charge on any atom is -0.382 e. The third-order valence-corrected chi connectivity index (χ3v) is 3.38. The van der Waals surface area contributed by atoms with Gasteiger partial charge in [-0.3, -0.25) is 4.79 Å². The summed E-state index contributed by atoms with van der Waals surface area (Å²) in [5.74, 6) is -0.0253. The van der Waals surface area contributed by atoms with E-state index in [-0.39, 0.29) is 5.91 Å². The number of ether oxygens (including phenoxy) is 1. The summed E-state index contributed by atoms with van der Waals surface area (Å²) in [6.07, 6.45) is 2.55. The number of nitrogens with one attached hydrogen (secondary N) is 2. The van der Waals surface area contributed by atoms with Crippen LogP contribution in [0.3, 0.4) is 0 Å². The van der Waals surface area contributed by atoms with Gasteiger partial charge >= 0.3 is 0 Å². The largest absolute Gasteiger partial charge is 0.382 e. The van der Waals surface area contributed by atoms with E-state index in [1.165, 1.54) is 0 Å². The first-order valence-electron chi connectivity index (χ1n) is 6.95. The number of rotatable bonds is 5. The average molecular weight is 262 g/mol. The van der Waals surface area contributed by atoms with Crippen LogP contribution in [0.2, 0.25) is 0 Å². The Morgan fingerprint density at radius 2 is 2.32 bits per heavy atom. The zero-order valence-electron chi connectivity index (χ0n) is 11.7. The lowest BCUT2D eigenvalue weighted by Gasteiger charge is -2.14. The Morgan fingerprint density at radius 3 is 3.00 bits per heavy atom. The number of anilines is 1. The molecule has 0 bridgehead atoms. The number of hydrogen-bond acceptors (Lipinski definition) is 3. The summed E-state index contributed by atoms with van der Waals surface area (Å²) in [6, 6.07) is 5.75. The fourth-order valence-corrected chi connectivity index (χ4v) is 2.25. The van der Waals surface area contributed by atoms with E-state index in [9.17, 15) is 4.79 Å². The van der Waals surface area contributed by atoms with Gasteiger partial charge in [-0.25, -0.2) is 0 Å². The van der Waals surface area contributed by atoms with Gasteiger partial charge in [-0.15, -0.1) is 0 Å². The van der Waals surface area contributed by atoms with Gasteiger partial charge in [-0.05, 0) is 44.4 Å². The molecule has 1 fully saturated rings. The molecule has 1 saturated heterocycles. The van der Waals surface area contributed by atoms with Crippen LogP contribution < -0.4 is 10.6 Å². The van der Waals surface area contributed by atoms with Gasteiger partial charge in [0.15, 0.2) is 0 Å². The van der Waals surface area contributed by atoms with Gasteiger partial charge in [0, 0.05) is 30.9 Å². The molecule has 4 nitrogen and oxygen atoms in total. The van der Waals surface area contributed by atoms with Crippen LogP contribution in [-0.4, -0.2) is 31.7 Å². The molecule has 1 unspecified atom stereocenters. The smallest absolute Gasteiger partial charge is 0.251 e. The second kappa shape index (κ2) is 6.57. The van der Waals surface area contributed by atoms with Crippen LogP contribution in [0.1, 0.15) is 35.7 Å². The van der Waals surface area contributed by atoms with Crippen molar-refractivity contribution < 1.29 is 9.53 Å². The Hall–Kier alpha value is -1.55. The first-order chi connectivity index (χ1) is 9.20. The molecule has 1 aliphatic heterocycles. The molecule has 0 aromatic heterocycles. The Bertz CT molecular complexity index is 440. The van der Waals surface area contributed by atoms with Crippen LogP contribution in [0, 0.1) is 6.92 Å². The quantitative estimate of drug-likeness (QED) is 0.856. The third kappa shape index (κ3) is 3.70. The van der Waals surface area contributed by atoms with E-state index in [4.69, 9.17) is 4.74 Å². The summed E-state index contributed by atoms with van der Waals surface area (Å²) in [4.78, 5) is 11.8. The number of hydrogen-bond donors (Lipinski definition) is 2. The van der Waals surface area contributed by atoms with Gasteiger partial charge in [0.2, 0.25) is 0 Å². The molecule has 19 heavy (non-hydrogen) atoms. The van der Waals surface area contributed by atoms with Crippen LogP contribution in [0.5, 0.6) is 0 Å². The second-order valence-electron chi connectivity index (χ2n) is 4.91. The van der Waals surface area contributed by atoms with E-state index in [1.807, 2.05) is 32.0 Å². The molecule has 1 aromatic carbocycles. The highest BCUT2D eigenvalue weighted by Crippen LogP contribution is 2.19. The number of carbonyl (C=O) groups excluding carboxylic acids is 1. The Labute approximate surface area is 114 Å². The molecule has 0 spiro atoms. The van der Waals surface area contributed by atoms with E-state index < -0.39 is 0 Å². The van der Waals surface area contributed by atoms with Crippen molar-refractivity contribution >= 4 is 11.6 Å². The lowest BCUT2D eigenvalue weighted by atomic mass is 10.1. The van der Waals surface area contributed by atoms with Crippen molar-refractivity contribution in [1.82, 2.24) is 5.32 Å². The lowest BCUT2D eigenvalue weighted by Crippen LogP contribution is -2.23. The maximum Gasteiger partial charge on any atom is 0.251 e. The first-order valence-corrected chi connectivity index (χ1v) is 6.95. The standard InChI is InChI=1S/C15H22N2O2/c1-3-16-15(18)12-7-6-11(2)14(9-12)17-10-13-5-4-8-19-13/h6-7,9,13,17H,3-5,8,10H2,1-2H3,(H,16,18). The van der Waals surface area contributed by atoms with Crippen LogP contribution in [0.25, 0.3) is 0 Å². The minimum atomic E-state index is -0.0253. The number of aryl methyl sites for hydroxylation is 1. The van der Waals surface area contributed by atoms with E-state index in [2.05, 4.69) is 10.6 Å². The van der Waals surface area contributed by atoms with Crippen LogP contribution in [0.4, 0.5) is 5.69 Å². The zero-order valence-corrected chi connectivity index (χ0v) is 11.7. The second-order valence-corrected chi connectivity index (χ2v) is 4.91. The van der Waals surface area contributed by atoms with Crippen molar-refractivity contribution in [2.75, 3.05) is 25.0 Å². The molecule has 2 N–H and O–H groups in total. The normalized spacial score (nSPS) is 18.3. The highest BCUT2D eigenvalue weighted by Gasteiger charge is 2.15. The molecule has 1 atom stereocenters. The van der Waals surface area contributed by atoms with Crippen molar-refractivity contribution in [2.45, 2.75) is 32.8 Å². The van der Waals surface area contributed by atoms with Gasteiger partial charge in [0.25, 0.3) is 5.91 Å². The fourth-order valence-electron chi connectivity index (χ4n) is 2.25. The van der Waals surface area contributed by atoms with E-state index in [0.717, 1.165) is 37.2 Å². The summed E-state index contributed by atoms with van der Waals surface area (Å²) in [5.41, 5.74) is 2.85. The van der Waals surface area contributed by atoms with Crippen LogP contribution in [-0.2, 0) is 4.74 Å². The van der Waals surface area contributed by atoms with Crippen LogP contribution in [0.15, 0.2) is 18.2 Å². The number of amides is 1. The van der Waals surface area contributed by atoms with E-state index >= 15 is 0 Å². The Balaban J connectivity index is 2.01. The number of benzene rings is 1. The molecule has 0 radical (unpaired) electrons. The highest BCUT2D eigenvalue weighted by molar-refractivity contribution is 5.95. The molecule has 1 amide bonds. The van der Waals surface area contributed by atoms with Gasteiger partial charge < -0.3 is 15.4 Å². The Morgan fingerprint density at radius 1 is 1.47 bits per heavy atom. The minimum absolute atomic E-state index is 0.0253. The van der Waals surface area contributed by atoms with Crippen molar-refractivity contribution in [3.05, 3.63) is 29.3 Å². The fraction of sp³-hybridized carbons (Fsp3) is 0.533. The average Bonchev–Trinajstić information content (AvgIpc) is 2.91. The molecule has 1 aromatic rings. The van der Waals surface area contributed by atoms with E-state index in [1.54, 1.807) is 0 Å². The predicted octanol–water partition coefficient (Wildman–Crippen LogP) is 2.34. The molecule has 1 heterocycles.